The first-order chi connectivity index (χ1) is 12.7. The minimum Gasteiger partial charge on any atom is -0.490 e. The average Bonchev–Trinajstić information content (AvgIpc) is 3.49. The maximum atomic E-state index is 12.3. The van der Waals surface area contributed by atoms with Crippen molar-refractivity contribution < 1.29 is 9.53 Å². The van der Waals surface area contributed by atoms with Crippen LogP contribution in [0.1, 0.15) is 38.5 Å². The van der Waals surface area contributed by atoms with Gasteiger partial charge in [-0.25, -0.2) is 0 Å². The fraction of sp³-hybridized carbons (Fsp3) is 0.632. The predicted octanol–water partition coefficient (Wildman–Crippen LogP) is 1.46. The minimum absolute atomic E-state index is 0.119. The van der Waals surface area contributed by atoms with Crippen LogP contribution in [-0.4, -0.2) is 49.1 Å². The lowest BCUT2D eigenvalue weighted by atomic mass is 9.85. The molecule has 26 heavy (non-hydrogen) atoms. The third-order valence-electron chi connectivity index (χ3n) is 4.83. The number of carbonyl (C=O) groups excluding carboxylic acids is 1. The highest BCUT2D eigenvalue weighted by molar-refractivity contribution is 5.81. The Bertz CT molecular complexity index is 603. The van der Waals surface area contributed by atoms with E-state index in [1.807, 2.05) is 12.1 Å². The Hall–Kier alpha value is -2.31. The largest absolute Gasteiger partial charge is 0.490 e. The standard InChI is InChI=1S/C19H29N5O2/c1-20-19(22-10-11-26-17-6-3-9-21-13-17)24-16-5-2-4-14(12-16)18(25)23-15-7-8-15/h3,6,9,13-16H,2,4-5,7-8,10-12H2,1H3,(H,23,25)(H2,20,22,24). The van der Waals surface area contributed by atoms with Gasteiger partial charge in [-0.2, -0.15) is 0 Å². The molecule has 0 bridgehead atoms. The van der Waals surface area contributed by atoms with Crippen molar-refractivity contribution in [2.75, 3.05) is 20.2 Å². The molecule has 2 aliphatic rings. The summed E-state index contributed by atoms with van der Waals surface area (Å²) >= 11 is 0. The minimum atomic E-state index is 0.119. The second-order valence-corrected chi connectivity index (χ2v) is 7.02. The monoisotopic (exact) mass is 359 g/mol. The number of pyridine rings is 1. The molecule has 0 spiro atoms. The number of hydrogen-bond donors (Lipinski definition) is 3. The van der Waals surface area contributed by atoms with Gasteiger partial charge in [0, 0.05) is 31.2 Å². The maximum Gasteiger partial charge on any atom is 0.223 e. The maximum absolute atomic E-state index is 12.3. The van der Waals surface area contributed by atoms with E-state index >= 15 is 0 Å². The fourth-order valence-corrected chi connectivity index (χ4v) is 3.26. The first-order valence-electron chi connectivity index (χ1n) is 9.55. The zero-order valence-corrected chi connectivity index (χ0v) is 15.4. The number of aliphatic imine (C=N–C) groups is 1. The molecule has 1 aromatic heterocycles. The topological polar surface area (TPSA) is 87.6 Å². The number of nitrogens with zero attached hydrogens (tertiary/aromatic N) is 2. The summed E-state index contributed by atoms with van der Waals surface area (Å²) in [5, 5.41) is 9.85. The third-order valence-corrected chi connectivity index (χ3v) is 4.83. The molecule has 2 atom stereocenters. The van der Waals surface area contributed by atoms with Crippen LogP contribution in [0.4, 0.5) is 0 Å². The Balaban J connectivity index is 1.37. The second-order valence-electron chi connectivity index (χ2n) is 7.02. The smallest absolute Gasteiger partial charge is 0.223 e. The molecule has 1 heterocycles. The summed E-state index contributed by atoms with van der Waals surface area (Å²) < 4.78 is 5.62. The van der Waals surface area contributed by atoms with Crippen LogP contribution in [0.15, 0.2) is 29.5 Å². The molecule has 7 nitrogen and oxygen atoms in total. The summed E-state index contributed by atoms with van der Waals surface area (Å²) in [4.78, 5) is 20.6. The second kappa shape index (κ2) is 9.40. The molecule has 3 N–H and O–H groups in total. The molecule has 2 saturated carbocycles. The summed E-state index contributed by atoms with van der Waals surface area (Å²) in [6, 6.07) is 4.45. The first-order valence-corrected chi connectivity index (χ1v) is 9.55. The Labute approximate surface area is 155 Å². The van der Waals surface area contributed by atoms with Gasteiger partial charge in [0.15, 0.2) is 5.96 Å². The van der Waals surface area contributed by atoms with Crippen molar-refractivity contribution in [1.29, 1.82) is 0 Å². The molecule has 1 aromatic rings. The third kappa shape index (κ3) is 5.89. The van der Waals surface area contributed by atoms with E-state index < -0.39 is 0 Å². The predicted molar refractivity (Wildman–Crippen MR) is 101 cm³/mol. The number of aromatic nitrogens is 1. The van der Waals surface area contributed by atoms with Gasteiger partial charge < -0.3 is 20.7 Å². The van der Waals surface area contributed by atoms with Crippen LogP contribution in [-0.2, 0) is 4.79 Å². The van der Waals surface area contributed by atoms with Gasteiger partial charge in [-0.1, -0.05) is 6.42 Å². The van der Waals surface area contributed by atoms with Crippen molar-refractivity contribution in [2.45, 2.75) is 50.6 Å². The van der Waals surface area contributed by atoms with E-state index in [1.165, 1.54) is 0 Å². The number of amides is 1. The van der Waals surface area contributed by atoms with Gasteiger partial charge >= 0.3 is 0 Å². The van der Waals surface area contributed by atoms with Crippen LogP contribution in [0.5, 0.6) is 5.75 Å². The molecule has 1 amide bonds. The molecular weight excluding hydrogens is 330 g/mol. The highest BCUT2D eigenvalue weighted by Gasteiger charge is 2.31. The molecule has 142 valence electrons. The lowest BCUT2D eigenvalue weighted by Gasteiger charge is -2.30. The van der Waals surface area contributed by atoms with E-state index in [-0.39, 0.29) is 17.9 Å². The van der Waals surface area contributed by atoms with E-state index in [9.17, 15) is 4.79 Å². The van der Waals surface area contributed by atoms with Crippen molar-refractivity contribution in [1.82, 2.24) is 20.9 Å². The van der Waals surface area contributed by atoms with Gasteiger partial charge in [0.05, 0.1) is 12.7 Å². The molecule has 0 saturated heterocycles. The molecule has 2 fully saturated rings. The molecule has 3 rings (SSSR count). The fourth-order valence-electron chi connectivity index (χ4n) is 3.26. The van der Waals surface area contributed by atoms with Crippen LogP contribution in [0.3, 0.4) is 0 Å². The van der Waals surface area contributed by atoms with Gasteiger partial charge in [-0.3, -0.25) is 14.8 Å². The van der Waals surface area contributed by atoms with E-state index in [1.54, 1.807) is 19.4 Å². The van der Waals surface area contributed by atoms with E-state index in [4.69, 9.17) is 4.74 Å². The van der Waals surface area contributed by atoms with Crippen molar-refractivity contribution in [3.63, 3.8) is 0 Å². The molecule has 0 aromatic carbocycles. The number of hydrogen-bond acceptors (Lipinski definition) is 4. The van der Waals surface area contributed by atoms with Gasteiger partial charge in [-0.15, -0.1) is 0 Å². The summed E-state index contributed by atoms with van der Waals surface area (Å²) in [7, 11) is 1.76. The Morgan fingerprint density at radius 1 is 1.27 bits per heavy atom. The number of ether oxygens (including phenoxy) is 1. The Morgan fingerprint density at radius 3 is 2.88 bits per heavy atom. The lowest BCUT2D eigenvalue weighted by molar-refractivity contribution is -0.126. The van der Waals surface area contributed by atoms with Crippen LogP contribution in [0.2, 0.25) is 0 Å². The molecule has 0 aliphatic heterocycles. The van der Waals surface area contributed by atoms with Crippen LogP contribution >= 0.6 is 0 Å². The lowest BCUT2D eigenvalue weighted by Crippen LogP contribution is -2.47. The van der Waals surface area contributed by atoms with Crippen LogP contribution in [0.25, 0.3) is 0 Å². The highest BCUT2D eigenvalue weighted by atomic mass is 16.5. The van der Waals surface area contributed by atoms with E-state index in [0.717, 1.165) is 50.2 Å². The van der Waals surface area contributed by atoms with Crippen molar-refractivity contribution in [3.8, 4) is 5.75 Å². The Kier molecular flexibility index (Phi) is 6.68. The van der Waals surface area contributed by atoms with Gasteiger partial charge in [0.2, 0.25) is 5.91 Å². The van der Waals surface area contributed by atoms with E-state index in [0.29, 0.717) is 19.2 Å². The molecule has 0 radical (unpaired) electrons. The Morgan fingerprint density at radius 2 is 2.15 bits per heavy atom. The zero-order chi connectivity index (χ0) is 18.2. The first kappa shape index (κ1) is 18.5. The normalized spacial score (nSPS) is 23.2. The summed E-state index contributed by atoms with van der Waals surface area (Å²) in [6.45, 7) is 1.18. The van der Waals surface area contributed by atoms with Gasteiger partial charge in [0.25, 0.3) is 0 Å². The molecule has 2 aliphatic carbocycles. The quantitative estimate of drug-likeness (QED) is 0.390. The van der Waals surface area contributed by atoms with E-state index in [2.05, 4.69) is 25.9 Å². The van der Waals surface area contributed by atoms with Crippen molar-refractivity contribution >= 4 is 11.9 Å². The average molecular weight is 359 g/mol. The highest BCUT2D eigenvalue weighted by Crippen LogP contribution is 2.26. The molecule has 7 heteroatoms. The van der Waals surface area contributed by atoms with Gasteiger partial charge in [0.1, 0.15) is 12.4 Å². The van der Waals surface area contributed by atoms with Crippen molar-refractivity contribution in [3.05, 3.63) is 24.5 Å². The van der Waals surface area contributed by atoms with Crippen LogP contribution in [0, 0.1) is 5.92 Å². The number of carbonyl (C=O) groups is 1. The summed E-state index contributed by atoms with van der Waals surface area (Å²) in [5.74, 6) is 1.86. The number of guanidine groups is 1. The van der Waals surface area contributed by atoms with Crippen molar-refractivity contribution in [2.24, 2.45) is 10.9 Å². The molecular formula is C19H29N5O2. The van der Waals surface area contributed by atoms with Gasteiger partial charge in [-0.05, 0) is 44.2 Å². The SMILES string of the molecule is CN=C(NCCOc1cccnc1)NC1CCCC(C(=O)NC2CC2)C1. The van der Waals surface area contributed by atoms with Crippen LogP contribution < -0.4 is 20.7 Å². The summed E-state index contributed by atoms with van der Waals surface area (Å²) in [5.41, 5.74) is 0. The molecule has 2 unspecified atom stereocenters. The number of nitrogens with one attached hydrogen (secondary N) is 3. The zero-order valence-electron chi connectivity index (χ0n) is 15.4. The number of rotatable bonds is 7. The summed E-state index contributed by atoms with van der Waals surface area (Å²) in [6.07, 6.45) is 9.69.